The van der Waals surface area contributed by atoms with Crippen molar-refractivity contribution in [2.24, 2.45) is 5.10 Å². The molecule has 0 aromatic heterocycles. The number of nitrogens with one attached hydrogen (secondary N) is 1. The molecule has 1 aliphatic rings. The fraction of sp³-hybridized carbons (Fsp3) is 0.526. The molecule has 2 rings (SSSR count). The van der Waals surface area contributed by atoms with Gasteiger partial charge >= 0.3 is 12.1 Å². The number of hydrogen-bond acceptors (Lipinski definition) is 6. The molecule has 1 unspecified atom stereocenters. The van der Waals surface area contributed by atoms with E-state index in [1.165, 1.54) is 19.2 Å². The summed E-state index contributed by atoms with van der Waals surface area (Å²) in [5.74, 6) is -1.24. The molecule has 1 heterocycles. The van der Waals surface area contributed by atoms with E-state index in [1.54, 1.807) is 20.8 Å². The van der Waals surface area contributed by atoms with Gasteiger partial charge in [-0.15, -0.1) is 0 Å². The maximum Gasteiger partial charge on any atom is 0.407 e. The van der Waals surface area contributed by atoms with Crippen molar-refractivity contribution >= 4 is 28.9 Å². The second-order valence-electron chi connectivity index (χ2n) is 7.48. The van der Waals surface area contributed by atoms with Crippen LogP contribution < -0.4 is 5.32 Å². The van der Waals surface area contributed by atoms with Gasteiger partial charge in [-0.2, -0.15) is 10.1 Å². The molecule has 1 aliphatic heterocycles. The van der Waals surface area contributed by atoms with Crippen LogP contribution in [0.5, 0.6) is 0 Å². The zero-order valence-electron chi connectivity index (χ0n) is 17.6. The van der Waals surface area contributed by atoms with Crippen molar-refractivity contribution in [3.63, 3.8) is 0 Å². The molecular formula is C19H26F2N4O4S. The van der Waals surface area contributed by atoms with Crippen molar-refractivity contribution in [3.05, 3.63) is 35.4 Å². The van der Waals surface area contributed by atoms with Crippen molar-refractivity contribution in [3.8, 4) is 0 Å². The van der Waals surface area contributed by atoms with Crippen molar-refractivity contribution in [1.29, 1.82) is 0 Å². The van der Waals surface area contributed by atoms with Gasteiger partial charge < -0.3 is 10.1 Å². The van der Waals surface area contributed by atoms with Gasteiger partial charge in [0.2, 0.25) is 0 Å². The Morgan fingerprint density at radius 1 is 1.33 bits per heavy atom. The Labute approximate surface area is 178 Å². The summed E-state index contributed by atoms with van der Waals surface area (Å²) in [5.41, 5.74) is -0.621. The number of hydrogen-bond donors (Lipinski definition) is 1. The lowest BCUT2D eigenvalue weighted by Crippen LogP contribution is -2.40. The van der Waals surface area contributed by atoms with Crippen LogP contribution in [0.4, 0.5) is 18.4 Å². The number of carbonyl (C=O) groups excluding carboxylic acids is 2. The lowest BCUT2D eigenvalue weighted by atomic mass is 10.2. The summed E-state index contributed by atoms with van der Waals surface area (Å²) in [6, 6.07) is 2.51. The molecule has 3 amide bonds. The molecule has 1 N–H and O–H groups in total. The minimum absolute atomic E-state index is 0.0211. The summed E-state index contributed by atoms with van der Waals surface area (Å²) in [4.78, 5) is 29.2. The number of ether oxygens (including phenoxy) is 1. The molecule has 0 spiro atoms. The highest BCUT2D eigenvalue weighted by atomic mass is 32.2. The van der Waals surface area contributed by atoms with Crippen molar-refractivity contribution < 1.29 is 27.9 Å². The number of carbonyl (C=O) groups is 2. The summed E-state index contributed by atoms with van der Waals surface area (Å²) in [6.07, 6.45) is 0.409. The van der Waals surface area contributed by atoms with Gasteiger partial charge in [0.05, 0.1) is 7.11 Å². The van der Waals surface area contributed by atoms with E-state index < -0.39 is 34.7 Å². The number of nitrogens with zero attached hydrogens (tertiary/aromatic N) is 3. The van der Waals surface area contributed by atoms with Crippen LogP contribution in [0.3, 0.4) is 0 Å². The van der Waals surface area contributed by atoms with Gasteiger partial charge in [0.1, 0.15) is 27.7 Å². The number of thioether (sulfide) groups is 1. The maximum atomic E-state index is 14.2. The molecule has 1 aromatic carbocycles. The van der Waals surface area contributed by atoms with Gasteiger partial charge in [0.25, 0.3) is 0 Å². The highest BCUT2D eigenvalue weighted by Gasteiger charge is 2.35. The first-order chi connectivity index (χ1) is 14.0. The van der Waals surface area contributed by atoms with Crippen LogP contribution in [0.1, 0.15) is 39.2 Å². The van der Waals surface area contributed by atoms with E-state index in [-0.39, 0.29) is 10.6 Å². The van der Waals surface area contributed by atoms with Crippen molar-refractivity contribution in [1.82, 2.24) is 15.4 Å². The van der Waals surface area contributed by atoms with E-state index in [9.17, 15) is 18.4 Å². The van der Waals surface area contributed by atoms with Gasteiger partial charge in [-0.3, -0.25) is 4.84 Å². The fourth-order valence-corrected chi connectivity index (χ4v) is 3.69. The summed E-state index contributed by atoms with van der Waals surface area (Å²) < 4.78 is 32.9. The lowest BCUT2D eigenvalue weighted by Gasteiger charge is -2.24. The summed E-state index contributed by atoms with van der Waals surface area (Å²) in [5, 5.41) is 8.71. The number of hydrazone groups is 1. The second-order valence-corrected chi connectivity index (χ2v) is 8.65. The first-order valence-corrected chi connectivity index (χ1v) is 10.2. The summed E-state index contributed by atoms with van der Waals surface area (Å²) in [7, 11) is 2.75. The van der Waals surface area contributed by atoms with E-state index >= 15 is 0 Å². The Morgan fingerprint density at radius 2 is 2.03 bits per heavy atom. The summed E-state index contributed by atoms with van der Waals surface area (Å²) >= 11 is 1.14. The minimum Gasteiger partial charge on any atom is -0.444 e. The normalized spacial score (nSPS) is 16.3. The molecule has 0 saturated carbocycles. The number of halogens is 2. The average Bonchev–Trinajstić information content (AvgIpc) is 3.08. The van der Waals surface area contributed by atoms with E-state index in [4.69, 9.17) is 9.57 Å². The quantitative estimate of drug-likeness (QED) is 0.531. The van der Waals surface area contributed by atoms with Crippen molar-refractivity contribution in [2.75, 3.05) is 20.7 Å². The van der Waals surface area contributed by atoms with Crippen LogP contribution in [0.2, 0.25) is 0 Å². The number of alkyl carbamates (subject to hydrolysis) is 1. The Bertz CT molecular complexity index is 816. The van der Waals surface area contributed by atoms with E-state index in [2.05, 4.69) is 10.4 Å². The summed E-state index contributed by atoms with van der Waals surface area (Å²) in [6.45, 7) is 5.61. The SMILES string of the molecule is CON(C)C(=O)N1N=C(c2cc(F)ccc2F)SC1CCCNC(=O)OC(C)(C)C. The highest BCUT2D eigenvalue weighted by Crippen LogP contribution is 2.34. The third kappa shape index (κ3) is 6.56. The van der Waals surface area contributed by atoms with E-state index in [0.717, 1.165) is 35.0 Å². The molecule has 1 aromatic rings. The molecule has 8 nitrogen and oxygen atoms in total. The van der Waals surface area contributed by atoms with Gasteiger partial charge in [-0.05, 0) is 51.8 Å². The Hall–Kier alpha value is -2.40. The van der Waals surface area contributed by atoms with E-state index in [0.29, 0.717) is 19.4 Å². The highest BCUT2D eigenvalue weighted by molar-refractivity contribution is 8.15. The maximum absolute atomic E-state index is 14.2. The third-order valence-electron chi connectivity index (χ3n) is 3.91. The zero-order chi connectivity index (χ0) is 22.5. The Kier molecular flexibility index (Phi) is 8.02. The lowest BCUT2D eigenvalue weighted by molar-refractivity contribution is -0.0765. The molecule has 166 valence electrons. The molecule has 30 heavy (non-hydrogen) atoms. The molecule has 0 aliphatic carbocycles. The minimum atomic E-state index is -0.637. The number of hydroxylamine groups is 2. The van der Waals surface area contributed by atoms with Crippen LogP contribution in [0.15, 0.2) is 23.3 Å². The van der Waals surface area contributed by atoms with Crippen molar-refractivity contribution in [2.45, 2.75) is 44.6 Å². The second kappa shape index (κ2) is 10.1. The number of amides is 3. The first-order valence-electron chi connectivity index (χ1n) is 9.30. The third-order valence-corrected chi connectivity index (χ3v) is 5.15. The molecule has 0 bridgehead atoms. The predicted octanol–water partition coefficient (Wildman–Crippen LogP) is 3.92. The topological polar surface area (TPSA) is 83.5 Å². The Balaban J connectivity index is 2.05. The first kappa shape index (κ1) is 23.9. The molecule has 0 fully saturated rings. The average molecular weight is 445 g/mol. The van der Waals surface area contributed by atoms with Gasteiger partial charge in [0.15, 0.2) is 0 Å². The molecule has 0 radical (unpaired) electrons. The zero-order valence-corrected chi connectivity index (χ0v) is 18.4. The number of urea groups is 1. The largest absolute Gasteiger partial charge is 0.444 e. The van der Waals surface area contributed by atoms with Gasteiger partial charge in [0, 0.05) is 19.2 Å². The van der Waals surface area contributed by atoms with Gasteiger partial charge in [-0.25, -0.2) is 23.4 Å². The van der Waals surface area contributed by atoms with Crippen LogP contribution >= 0.6 is 11.8 Å². The van der Waals surface area contributed by atoms with Gasteiger partial charge in [-0.1, -0.05) is 11.8 Å². The molecule has 0 saturated heterocycles. The number of benzene rings is 1. The monoisotopic (exact) mass is 444 g/mol. The molecular weight excluding hydrogens is 418 g/mol. The predicted molar refractivity (Wildman–Crippen MR) is 110 cm³/mol. The number of rotatable bonds is 6. The fourth-order valence-electron chi connectivity index (χ4n) is 2.49. The Morgan fingerprint density at radius 3 is 2.67 bits per heavy atom. The van der Waals surface area contributed by atoms with Crippen LogP contribution in [-0.4, -0.2) is 58.9 Å². The smallest absolute Gasteiger partial charge is 0.407 e. The molecule has 1 atom stereocenters. The van der Waals surface area contributed by atoms with Crippen LogP contribution in [-0.2, 0) is 9.57 Å². The van der Waals surface area contributed by atoms with Crippen LogP contribution in [0, 0.1) is 11.6 Å². The van der Waals surface area contributed by atoms with Crippen LogP contribution in [0.25, 0.3) is 0 Å². The van der Waals surface area contributed by atoms with E-state index in [1.807, 2.05) is 0 Å². The molecule has 11 heteroatoms. The standard InChI is InChI=1S/C19H26F2N4O4S/c1-19(2,3)29-17(26)22-10-6-7-15-25(18(27)24(4)28-5)23-16(30-15)13-11-12(20)8-9-14(13)21/h8-9,11,15H,6-7,10H2,1-5H3,(H,22,26).